The molecule has 2 aromatic carbocycles. The lowest BCUT2D eigenvalue weighted by atomic mass is 10.1. The topological polar surface area (TPSA) is 47.6 Å². The summed E-state index contributed by atoms with van der Waals surface area (Å²) in [5.74, 6) is 1.37. The van der Waals surface area contributed by atoms with Gasteiger partial charge in [0.05, 0.1) is 14.2 Å². The Labute approximate surface area is 141 Å². The summed E-state index contributed by atoms with van der Waals surface area (Å²) in [5.41, 5.74) is 2.05. The molecular formula is C18H20ClNO3. The van der Waals surface area contributed by atoms with Gasteiger partial charge in [-0.1, -0.05) is 29.8 Å². The van der Waals surface area contributed by atoms with Gasteiger partial charge in [-0.25, -0.2) is 0 Å². The van der Waals surface area contributed by atoms with Gasteiger partial charge in [0.1, 0.15) is 0 Å². The summed E-state index contributed by atoms with van der Waals surface area (Å²) in [6, 6.07) is 13.1. The van der Waals surface area contributed by atoms with Crippen LogP contribution in [0.4, 0.5) is 0 Å². The Morgan fingerprint density at radius 2 is 1.65 bits per heavy atom. The summed E-state index contributed by atoms with van der Waals surface area (Å²) in [7, 11) is 3.20. The van der Waals surface area contributed by atoms with Crippen LogP contribution in [0.5, 0.6) is 11.5 Å². The van der Waals surface area contributed by atoms with Crippen LogP contribution >= 0.6 is 11.6 Å². The van der Waals surface area contributed by atoms with Gasteiger partial charge in [0.25, 0.3) is 0 Å². The number of ether oxygens (including phenoxy) is 2. The zero-order valence-corrected chi connectivity index (χ0v) is 14.0. The highest BCUT2D eigenvalue weighted by molar-refractivity contribution is 6.30. The minimum absolute atomic E-state index is 0.00901. The molecule has 4 nitrogen and oxygen atoms in total. The molecule has 0 aliphatic heterocycles. The van der Waals surface area contributed by atoms with Crippen molar-refractivity contribution >= 4 is 17.5 Å². The van der Waals surface area contributed by atoms with Crippen LogP contribution in [0.25, 0.3) is 0 Å². The third-order valence-electron chi connectivity index (χ3n) is 3.49. The molecule has 0 saturated carbocycles. The highest BCUT2D eigenvalue weighted by Crippen LogP contribution is 2.27. The Kier molecular flexibility index (Phi) is 6.29. The Morgan fingerprint density at radius 3 is 2.30 bits per heavy atom. The van der Waals surface area contributed by atoms with Crippen molar-refractivity contribution in [3.8, 4) is 11.5 Å². The van der Waals surface area contributed by atoms with Crippen LogP contribution in [0.3, 0.4) is 0 Å². The second kappa shape index (κ2) is 8.44. The van der Waals surface area contributed by atoms with Gasteiger partial charge in [0, 0.05) is 18.0 Å². The van der Waals surface area contributed by atoms with Crippen LogP contribution in [-0.2, 0) is 17.8 Å². The number of methoxy groups -OCH3 is 2. The van der Waals surface area contributed by atoms with Crippen LogP contribution in [0.15, 0.2) is 42.5 Å². The van der Waals surface area contributed by atoms with E-state index in [9.17, 15) is 4.79 Å². The van der Waals surface area contributed by atoms with Crippen LogP contribution in [-0.4, -0.2) is 20.1 Å². The number of carbonyl (C=O) groups is 1. The second-order valence-corrected chi connectivity index (χ2v) is 5.53. The Morgan fingerprint density at radius 1 is 1.00 bits per heavy atom. The van der Waals surface area contributed by atoms with E-state index in [-0.39, 0.29) is 5.91 Å². The van der Waals surface area contributed by atoms with E-state index in [1.807, 2.05) is 42.5 Å². The number of hydrogen-bond acceptors (Lipinski definition) is 3. The Bertz CT molecular complexity index is 656. The normalized spacial score (nSPS) is 10.2. The number of benzene rings is 2. The third kappa shape index (κ3) is 5.18. The molecular weight excluding hydrogens is 314 g/mol. The zero-order valence-electron chi connectivity index (χ0n) is 13.3. The lowest BCUT2D eigenvalue weighted by Gasteiger charge is -2.10. The van der Waals surface area contributed by atoms with Crippen molar-refractivity contribution in [3.63, 3.8) is 0 Å². The van der Waals surface area contributed by atoms with E-state index in [1.165, 1.54) is 0 Å². The van der Waals surface area contributed by atoms with E-state index in [2.05, 4.69) is 5.32 Å². The smallest absolute Gasteiger partial charge is 0.220 e. The van der Waals surface area contributed by atoms with Gasteiger partial charge >= 0.3 is 0 Å². The Hall–Kier alpha value is -2.20. The van der Waals surface area contributed by atoms with Crippen molar-refractivity contribution in [2.75, 3.05) is 14.2 Å². The molecule has 0 bridgehead atoms. The number of carbonyl (C=O) groups excluding carboxylic acids is 1. The molecule has 2 aromatic rings. The lowest BCUT2D eigenvalue weighted by molar-refractivity contribution is -0.121. The molecule has 0 aliphatic carbocycles. The third-order valence-corrected chi connectivity index (χ3v) is 3.74. The zero-order chi connectivity index (χ0) is 16.7. The molecule has 23 heavy (non-hydrogen) atoms. The van der Waals surface area contributed by atoms with Gasteiger partial charge in [-0.15, -0.1) is 0 Å². The summed E-state index contributed by atoms with van der Waals surface area (Å²) >= 11 is 5.83. The second-order valence-electron chi connectivity index (χ2n) is 5.09. The summed E-state index contributed by atoms with van der Waals surface area (Å²) < 4.78 is 10.5. The summed E-state index contributed by atoms with van der Waals surface area (Å²) in [5, 5.41) is 3.59. The first kappa shape index (κ1) is 17.2. The highest BCUT2D eigenvalue weighted by Gasteiger charge is 2.07. The number of aryl methyl sites for hydroxylation is 1. The first-order valence-corrected chi connectivity index (χ1v) is 7.72. The molecule has 122 valence electrons. The van der Waals surface area contributed by atoms with Crippen molar-refractivity contribution in [1.82, 2.24) is 5.32 Å². The van der Waals surface area contributed by atoms with Crippen molar-refractivity contribution in [2.45, 2.75) is 19.4 Å². The predicted molar refractivity (Wildman–Crippen MR) is 91.2 cm³/mol. The molecule has 0 saturated heterocycles. The van der Waals surface area contributed by atoms with Gasteiger partial charge < -0.3 is 14.8 Å². The van der Waals surface area contributed by atoms with Crippen molar-refractivity contribution in [3.05, 3.63) is 58.6 Å². The molecule has 2 rings (SSSR count). The maximum Gasteiger partial charge on any atom is 0.220 e. The molecule has 0 fully saturated rings. The van der Waals surface area contributed by atoms with Crippen LogP contribution in [0.2, 0.25) is 5.02 Å². The molecule has 0 spiro atoms. The van der Waals surface area contributed by atoms with Crippen LogP contribution in [0, 0.1) is 0 Å². The fraction of sp³-hybridized carbons (Fsp3) is 0.278. The van der Waals surface area contributed by atoms with E-state index in [0.717, 1.165) is 11.1 Å². The number of nitrogens with one attached hydrogen (secondary N) is 1. The van der Waals surface area contributed by atoms with Gasteiger partial charge in [0.2, 0.25) is 5.91 Å². The van der Waals surface area contributed by atoms with Crippen LogP contribution < -0.4 is 14.8 Å². The molecule has 1 N–H and O–H groups in total. The first-order chi connectivity index (χ1) is 11.1. The fourth-order valence-electron chi connectivity index (χ4n) is 2.19. The largest absolute Gasteiger partial charge is 0.493 e. The molecule has 5 heteroatoms. The Balaban J connectivity index is 1.83. The average Bonchev–Trinajstić information content (AvgIpc) is 2.59. The minimum Gasteiger partial charge on any atom is -0.493 e. The number of rotatable bonds is 7. The number of hydrogen-bond donors (Lipinski definition) is 1. The number of amides is 1. The van der Waals surface area contributed by atoms with Gasteiger partial charge in [0.15, 0.2) is 11.5 Å². The minimum atomic E-state index is 0.00901. The van der Waals surface area contributed by atoms with Gasteiger partial charge in [-0.3, -0.25) is 4.79 Å². The standard InChI is InChI=1S/C18H20ClNO3/c1-22-16-9-5-13(11-17(16)23-2)6-10-18(21)20-12-14-3-7-15(19)8-4-14/h3-5,7-9,11H,6,10,12H2,1-2H3,(H,20,21). The highest BCUT2D eigenvalue weighted by atomic mass is 35.5. The summed E-state index contributed by atoms with van der Waals surface area (Å²) in [6.07, 6.45) is 1.07. The van der Waals surface area contributed by atoms with E-state index >= 15 is 0 Å². The van der Waals surface area contributed by atoms with Gasteiger partial charge in [-0.05, 0) is 41.8 Å². The monoisotopic (exact) mass is 333 g/mol. The number of halogens is 1. The maximum atomic E-state index is 11.9. The molecule has 0 heterocycles. The first-order valence-electron chi connectivity index (χ1n) is 7.34. The molecule has 0 aliphatic rings. The lowest BCUT2D eigenvalue weighted by Crippen LogP contribution is -2.22. The predicted octanol–water partition coefficient (Wildman–Crippen LogP) is 3.61. The van der Waals surface area contributed by atoms with Gasteiger partial charge in [-0.2, -0.15) is 0 Å². The average molecular weight is 334 g/mol. The van der Waals surface area contributed by atoms with E-state index in [4.69, 9.17) is 21.1 Å². The molecule has 0 atom stereocenters. The molecule has 0 aromatic heterocycles. The van der Waals surface area contributed by atoms with Crippen molar-refractivity contribution in [2.24, 2.45) is 0 Å². The fourth-order valence-corrected chi connectivity index (χ4v) is 2.31. The van der Waals surface area contributed by atoms with E-state index < -0.39 is 0 Å². The molecule has 1 amide bonds. The van der Waals surface area contributed by atoms with Crippen molar-refractivity contribution in [1.29, 1.82) is 0 Å². The quantitative estimate of drug-likeness (QED) is 0.842. The molecule has 0 radical (unpaired) electrons. The molecule has 0 unspecified atom stereocenters. The van der Waals surface area contributed by atoms with Crippen molar-refractivity contribution < 1.29 is 14.3 Å². The van der Waals surface area contributed by atoms with E-state index in [0.29, 0.717) is 35.9 Å². The summed E-state index contributed by atoms with van der Waals surface area (Å²) in [4.78, 5) is 11.9. The maximum absolute atomic E-state index is 11.9. The van der Waals surface area contributed by atoms with E-state index in [1.54, 1.807) is 14.2 Å². The SMILES string of the molecule is COc1ccc(CCC(=O)NCc2ccc(Cl)cc2)cc1OC. The summed E-state index contributed by atoms with van der Waals surface area (Å²) in [6.45, 7) is 0.502. The van der Waals surface area contributed by atoms with Crippen LogP contribution in [0.1, 0.15) is 17.5 Å².